The summed E-state index contributed by atoms with van der Waals surface area (Å²) in [5.41, 5.74) is 2.11. The molecule has 0 bridgehead atoms. The molecule has 2 N–H and O–H groups in total. The zero-order chi connectivity index (χ0) is 15.4. The lowest BCUT2D eigenvalue weighted by Crippen LogP contribution is -2.49. The third-order valence-corrected chi connectivity index (χ3v) is 3.33. The van der Waals surface area contributed by atoms with Crippen molar-refractivity contribution in [1.82, 2.24) is 15.5 Å². The number of rotatable bonds is 2. The molecule has 1 aromatic heterocycles. The first-order valence-corrected chi connectivity index (χ1v) is 7.27. The van der Waals surface area contributed by atoms with E-state index in [1.807, 2.05) is 32.0 Å². The molecule has 2 heterocycles. The number of imide groups is 1. The lowest BCUT2D eigenvalue weighted by atomic mass is 10.1. The van der Waals surface area contributed by atoms with Gasteiger partial charge in [-0.2, -0.15) is 5.10 Å². The molecule has 1 saturated heterocycles. The summed E-state index contributed by atoms with van der Waals surface area (Å²) in [4.78, 5) is 24.5. The molecular weight excluding hydrogens is 268 g/mol. The van der Waals surface area contributed by atoms with E-state index in [0.29, 0.717) is 18.8 Å². The average molecular weight is 288 g/mol. The SMILES string of the molecule is CC.CCc1ccc2c(N3CCC(=O)NC3=O)n[nH]c2c1. The van der Waals surface area contributed by atoms with Gasteiger partial charge in [0.1, 0.15) is 0 Å². The Hall–Kier alpha value is -2.37. The molecule has 1 aromatic carbocycles. The van der Waals surface area contributed by atoms with Crippen LogP contribution in [0.3, 0.4) is 0 Å². The summed E-state index contributed by atoms with van der Waals surface area (Å²) in [6.45, 7) is 6.45. The van der Waals surface area contributed by atoms with Crippen LogP contribution >= 0.6 is 0 Å². The van der Waals surface area contributed by atoms with Crippen molar-refractivity contribution in [3.63, 3.8) is 0 Å². The molecule has 0 unspecified atom stereocenters. The van der Waals surface area contributed by atoms with Gasteiger partial charge in [0, 0.05) is 18.4 Å². The third-order valence-electron chi connectivity index (χ3n) is 3.33. The van der Waals surface area contributed by atoms with Crippen LogP contribution in [0.25, 0.3) is 10.9 Å². The minimum absolute atomic E-state index is 0.241. The van der Waals surface area contributed by atoms with Crippen molar-refractivity contribution in [2.45, 2.75) is 33.6 Å². The summed E-state index contributed by atoms with van der Waals surface area (Å²) in [5.74, 6) is 0.331. The van der Waals surface area contributed by atoms with E-state index in [4.69, 9.17) is 0 Å². The second-order valence-corrected chi connectivity index (χ2v) is 4.54. The van der Waals surface area contributed by atoms with Gasteiger partial charge in [0.2, 0.25) is 5.91 Å². The number of nitrogens with one attached hydrogen (secondary N) is 2. The number of carbonyl (C=O) groups excluding carboxylic acids is 2. The molecule has 0 saturated carbocycles. The van der Waals surface area contributed by atoms with Crippen molar-refractivity contribution in [2.75, 3.05) is 11.4 Å². The van der Waals surface area contributed by atoms with Gasteiger partial charge in [0.25, 0.3) is 0 Å². The minimum atomic E-state index is -0.413. The van der Waals surface area contributed by atoms with Crippen molar-refractivity contribution in [1.29, 1.82) is 0 Å². The van der Waals surface area contributed by atoms with Crippen LogP contribution in [0.1, 0.15) is 32.8 Å². The Morgan fingerprint density at radius 3 is 2.71 bits per heavy atom. The van der Waals surface area contributed by atoms with Gasteiger partial charge in [-0.05, 0) is 24.1 Å². The number of carbonyl (C=O) groups is 2. The van der Waals surface area contributed by atoms with Gasteiger partial charge in [-0.15, -0.1) is 0 Å². The van der Waals surface area contributed by atoms with Crippen LogP contribution in [0.5, 0.6) is 0 Å². The number of hydrogen-bond acceptors (Lipinski definition) is 3. The molecule has 1 aliphatic heterocycles. The molecule has 0 aliphatic carbocycles. The average Bonchev–Trinajstić information content (AvgIpc) is 2.92. The first kappa shape index (κ1) is 15.0. The maximum Gasteiger partial charge on any atom is 0.329 e. The van der Waals surface area contributed by atoms with Gasteiger partial charge in [-0.3, -0.25) is 20.1 Å². The number of aromatic nitrogens is 2. The Labute approximate surface area is 123 Å². The lowest BCUT2D eigenvalue weighted by molar-refractivity contribution is -0.120. The van der Waals surface area contributed by atoms with E-state index < -0.39 is 6.03 Å². The summed E-state index contributed by atoms with van der Waals surface area (Å²) < 4.78 is 0. The van der Waals surface area contributed by atoms with Crippen LogP contribution in [-0.4, -0.2) is 28.7 Å². The summed E-state index contributed by atoms with van der Waals surface area (Å²) in [7, 11) is 0. The molecule has 3 amide bonds. The highest BCUT2D eigenvalue weighted by Gasteiger charge is 2.27. The molecule has 112 valence electrons. The van der Waals surface area contributed by atoms with Crippen LogP contribution in [0.4, 0.5) is 10.6 Å². The first-order valence-electron chi connectivity index (χ1n) is 7.27. The number of nitrogens with zero attached hydrogens (tertiary/aromatic N) is 2. The molecular formula is C15H20N4O2. The Balaban J connectivity index is 0.000000774. The smallest absolute Gasteiger partial charge is 0.278 e. The highest BCUT2D eigenvalue weighted by Crippen LogP contribution is 2.26. The van der Waals surface area contributed by atoms with Crippen LogP contribution in [0, 0.1) is 0 Å². The number of hydrogen-bond donors (Lipinski definition) is 2. The van der Waals surface area contributed by atoms with Gasteiger partial charge >= 0.3 is 6.03 Å². The number of fused-ring (bicyclic) bond motifs is 1. The maximum atomic E-state index is 11.8. The third kappa shape index (κ3) is 2.89. The molecule has 1 fully saturated rings. The van der Waals surface area contributed by atoms with Crippen molar-refractivity contribution in [3.8, 4) is 0 Å². The molecule has 3 rings (SSSR count). The predicted molar refractivity (Wildman–Crippen MR) is 82.3 cm³/mol. The summed E-state index contributed by atoms with van der Waals surface area (Å²) in [6.07, 6.45) is 1.25. The van der Waals surface area contributed by atoms with Gasteiger partial charge in [0.15, 0.2) is 5.82 Å². The zero-order valence-electron chi connectivity index (χ0n) is 12.6. The Bertz CT molecular complexity index is 663. The monoisotopic (exact) mass is 288 g/mol. The molecule has 0 radical (unpaired) electrons. The van der Waals surface area contributed by atoms with E-state index >= 15 is 0 Å². The van der Waals surface area contributed by atoms with Crippen molar-refractivity contribution in [2.24, 2.45) is 0 Å². The Kier molecular flexibility index (Phi) is 4.57. The topological polar surface area (TPSA) is 78.1 Å². The fourth-order valence-corrected chi connectivity index (χ4v) is 2.24. The van der Waals surface area contributed by atoms with Crippen molar-refractivity contribution in [3.05, 3.63) is 23.8 Å². The number of urea groups is 1. The molecule has 21 heavy (non-hydrogen) atoms. The van der Waals surface area contributed by atoms with Crippen LogP contribution < -0.4 is 10.2 Å². The lowest BCUT2D eigenvalue weighted by Gasteiger charge is -2.24. The fraction of sp³-hybridized carbons (Fsp3) is 0.400. The predicted octanol–water partition coefficient (Wildman–Crippen LogP) is 2.60. The van der Waals surface area contributed by atoms with Crippen LogP contribution in [-0.2, 0) is 11.2 Å². The fourth-order valence-electron chi connectivity index (χ4n) is 2.24. The zero-order valence-corrected chi connectivity index (χ0v) is 12.6. The molecule has 2 aromatic rings. The van der Waals surface area contributed by atoms with Gasteiger partial charge < -0.3 is 0 Å². The van der Waals surface area contributed by atoms with Crippen LogP contribution in [0.15, 0.2) is 18.2 Å². The van der Waals surface area contributed by atoms with Crippen LogP contribution in [0.2, 0.25) is 0 Å². The number of H-pyrrole nitrogens is 1. The highest BCUT2D eigenvalue weighted by atomic mass is 16.2. The van der Waals surface area contributed by atoms with Crippen molar-refractivity contribution < 1.29 is 9.59 Å². The quantitative estimate of drug-likeness (QED) is 0.891. The van der Waals surface area contributed by atoms with Gasteiger partial charge in [-0.25, -0.2) is 4.79 Å². The highest BCUT2D eigenvalue weighted by molar-refractivity contribution is 6.08. The number of benzene rings is 1. The summed E-state index contributed by atoms with van der Waals surface area (Å²) >= 11 is 0. The second-order valence-electron chi connectivity index (χ2n) is 4.54. The molecule has 0 atom stereocenters. The Morgan fingerprint density at radius 2 is 2.05 bits per heavy atom. The minimum Gasteiger partial charge on any atom is -0.278 e. The van der Waals surface area contributed by atoms with E-state index in [1.165, 1.54) is 10.5 Å². The van der Waals surface area contributed by atoms with E-state index in [0.717, 1.165) is 17.3 Å². The van der Waals surface area contributed by atoms with Gasteiger partial charge in [0.05, 0.1) is 5.52 Å². The largest absolute Gasteiger partial charge is 0.329 e. The summed E-state index contributed by atoms with van der Waals surface area (Å²) in [5, 5.41) is 10.3. The second kappa shape index (κ2) is 6.39. The van der Waals surface area contributed by atoms with E-state index in [1.54, 1.807) is 0 Å². The van der Waals surface area contributed by atoms with E-state index in [2.05, 4.69) is 22.4 Å². The van der Waals surface area contributed by atoms with E-state index in [9.17, 15) is 9.59 Å². The summed E-state index contributed by atoms with van der Waals surface area (Å²) in [6, 6.07) is 5.59. The molecule has 1 aliphatic rings. The standard InChI is InChI=1S/C13H14N4O2.C2H6/c1-2-8-3-4-9-10(7-8)15-16-12(9)17-6-5-11(18)14-13(17)19;1-2/h3-4,7H,2,5-6H2,1H3,(H,15,16)(H,14,18,19);1-2H3. The number of aromatic amines is 1. The van der Waals surface area contributed by atoms with E-state index in [-0.39, 0.29) is 5.91 Å². The Morgan fingerprint density at radius 1 is 1.29 bits per heavy atom. The number of anilines is 1. The molecule has 6 heteroatoms. The maximum absolute atomic E-state index is 11.8. The normalized spacial score (nSPS) is 14.7. The van der Waals surface area contributed by atoms with Crippen molar-refractivity contribution >= 4 is 28.7 Å². The molecule has 0 spiro atoms. The van der Waals surface area contributed by atoms with Gasteiger partial charge in [-0.1, -0.05) is 26.8 Å². The molecule has 6 nitrogen and oxygen atoms in total. The first-order chi connectivity index (χ1) is 10.2. The number of amides is 3. The number of aryl methyl sites for hydroxylation is 1.